The van der Waals surface area contributed by atoms with Gasteiger partial charge in [-0.2, -0.15) is 0 Å². The lowest BCUT2D eigenvalue weighted by atomic mass is 10.3. The van der Waals surface area contributed by atoms with Crippen molar-refractivity contribution in [2.75, 3.05) is 33.2 Å². The lowest BCUT2D eigenvalue weighted by molar-refractivity contribution is -0.130. The van der Waals surface area contributed by atoms with Gasteiger partial charge in [-0.1, -0.05) is 0 Å². The number of carbonyl (C=O) groups is 2. The van der Waals surface area contributed by atoms with Crippen molar-refractivity contribution in [3.63, 3.8) is 0 Å². The molecule has 0 bridgehead atoms. The molecule has 0 saturated carbocycles. The zero-order valence-corrected chi connectivity index (χ0v) is 11.2. The van der Waals surface area contributed by atoms with Crippen LogP contribution in [0.25, 0.3) is 0 Å². The number of amides is 2. The molecule has 0 spiro atoms. The molecule has 0 aromatic rings. The molecule has 17 heavy (non-hydrogen) atoms. The van der Waals surface area contributed by atoms with Gasteiger partial charge in [0.05, 0.1) is 0 Å². The molecule has 0 aromatic heterocycles. The first-order valence-corrected chi connectivity index (χ1v) is 6.34. The molecule has 100 valence electrons. The highest BCUT2D eigenvalue weighted by atomic mass is 16.2. The molecule has 2 N–H and O–H groups in total. The van der Waals surface area contributed by atoms with Gasteiger partial charge in [0, 0.05) is 32.5 Å². The Morgan fingerprint density at radius 3 is 2.24 bits per heavy atom. The average molecular weight is 243 g/mol. The SMILES string of the molecule is CCN(CC)C(=O)CCNC(=O)CCCNC. The summed E-state index contributed by atoms with van der Waals surface area (Å²) >= 11 is 0. The molecule has 0 unspecified atom stereocenters. The van der Waals surface area contributed by atoms with Gasteiger partial charge in [-0.15, -0.1) is 0 Å². The third-order valence-corrected chi connectivity index (χ3v) is 2.61. The molecular formula is C12H25N3O2. The summed E-state index contributed by atoms with van der Waals surface area (Å²) in [5, 5.41) is 5.75. The van der Waals surface area contributed by atoms with Crippen molar-refractivity contribution in [2.45, 2.75) is 33.1 Å². The first kappa shape index (κ1) is 15.9. The van der Waals surface area contributed by atoms with Gasteiger partial charge in [0.2, 0.25) is 11.8 Å². The Morgan fingerprint density at radius 2 is 1.71 bits per heavy atom. The van der Waals surface area contributed by atoms with Crippen LogP contribution in [0, 0.1) is 0 Å². The van der Waals surface area contributed by atoms with E-state index in [9.17, 15) is 9.59 Å². The Labute approximate surface area is 104 Å². The van der Waals surface area contributed by atoms with Crippen LogP contribution in [-0.2, 0) is 9.59 Å². The maximum absolute atomic E-state index is 11.6. The fourth-order valence-corrected chi connectivity index (χ4v) is 1.56. The number of rotatable bonds is 9. The Bertz CT molecular complexity index is 228. The van der Waals surface area contributed by atoms with E-state index in [-0.39, 0.29) is 11.8 Å². The van der Waals surface area contributed by atoms with Crippen molar-refractivity contribution < 1.29 is 9.59 Å². The average Bonchev–Trinajstić information content (AvgIpc) is 2.31. The molecule has 0 aliphatic carbocycles. The molecule has 0 fully saturated rings. The minimum Gasteiger partial charge on any atom is -0.356 e. The highest BCUT2D eigenvalue weighted by molar-refractivity contribution is 5.79. The summed E-state index contributed by atoms with van der Waals surface area (Å²) in [6.07, 6.45) is 1.73. The topological polar surface area (TPSA) is 61.4 Å². The maximum Gasteiger partial charge on any atom is 0.224 e. The minimum atomic E-state index is 0.0209. The van der Waals surface area contributed by atoms with Crippen molar-refractivity contribution in [3.8, 4) is 0 Å². The van der Waals surface area contributed by atoms with Crippen LogP contribution in [0.2, 0.25) is 0 Å². The van der Waals surface area contributed by atoms with Crippen LogP contribution >= 0.6 is 0 Å². The number of nitrogens with one attached hydrogen (secondary N) is 2. The molecule has 0 rings (SSSR count). The smallest absolute Gasteiger partial charge is 0.224 e. The Morgan fingerprint density at radius 1 is 1.06 bits per heavy atom. The van der Waals surface area contributed by atoms with E-state index < -0.39 is 0 Å². The largest absolute Gasteiger partial charge is 0.356 e. The second-order valence-corrected chi connectivity index (χ2v) is 3.87. The molecule has 0 aromatic carbocycles. The van der Waals surface area contributed by atoms with Crippen molar-refractivity contribution in [2.24, 2.45) is 0 Å². The van der Waals surface area contributed by atoms with Crippen molar-refractivity contribution in [1.82, 2.24) is 15.5 Å². The van der Waals surface area contributed by atoms with Gasteiger partial charge in [-0.25, -0.2) is 0 Å². The van der Waals surface area contributed by atoms with Crippen LogP contribution in [0.4, 0.5) is 0 Å². The maximum atomic E-state index is 11.6. The molecule has 0 heterocycles. The van der Waals surface area contributed by atoms with Crippen molar-refractivity contribution >= 4 is 11.8 Å². The molecule has 0 atom stereocenters. The molecule has 0 aliphatic rings. The minimum absolute atomic E-state index is 0.0209. The zero-order chi connectivity index (χ0) is 13.1. The molecular weight excluding hydrogens is 218 g/mol. The van der Waals surface area contributed by atoms with Gasteiger partial charge < -0.3 is 15.5 Å². The van der Waals surface area contributed by atoms with Crippen LogP contribution in [0.15, 0.2) is 0 Å². The van der Waals surface area contributed by atoms with Crippen molar-refractivity contribution in [3.05, 3.63) is 0 Å². The Balaban J connectivity index is 3.61. The number of hydrogen-bond donors (Lipinski definition) is 2. The summed E-state index contributed by atoms with van der Waals surface area (Å²) in [5.41, 5.74) is 0. The fraction of sp³-hybridized carbons (Fsp3) is 0.833. The highest BCUT2D eigenvalue weighted by Crippen LogP contribution is 1.93. The molecule has 0 radical (unpaired) electrons. The van der Waals surface area contributed by atoms with Gasteiger partial charge in [-0.3, -0.25) is 9.59 Å². The van der Waals surface area contributed by atoms with Crippen molar-refractivity contribution in [1.29, 1.82) is 0 Å². The van der Waals surface area contributed by atoms with E-state index >= 15 is 0 Å². The first-order chi connectivity index (χ1) is 8.15. The zero-order valence-electron chi connectivity index (χ0n) is 11.2. The summed E-state index contributed by atoms with van der Waals surface area (Å²) in [7, 11) is 1.86. The molecule has 2 amide bonds. The monoisotopic (exact) mass is 243 g/mol. The third-order valence-electron chi connectivity index (χ3n) is 2.61. The van der Waals surface area contributed by atoms with E-state index in [0.717, 1.165) is 26.1 Å². The van der Waals surface area contributed by atoms with E-state index in [1.54, 1.807) is 4.90 Å². The second-order valence-electron chi connectivity index (χ2n) is 3.87. The highest BCUT2D eigenvalue weighted by Gasteiger charge is 2.09. The lowest BCUT2D eigenvalue weighted by Gasteiger charge is -2.18. The lowest BCUT2D eigenvalue weighted by Crippen LogP contribution is -2.34. The van der Waals surface area contributed by atoms with Gasteiger partial charge in [0.1, 0.15) is 0 Å². The summed E-state index contributed by atoms with van der Waals surface area (Å²) < 4.78 is 0. The van der Waals surface area contributed by atoms with Gasteiger partial charge in [0.25, 0.3) is 0 Å². The predicted molar refractivity (Wildman–Crippen MR) is 68.7 cm³/mol. The second kappa shape index (κ2) is 10.1. The van der Waals surface area contributed by atoms with E-state index in [1.165, 1.54) is 0 Å². The normalized spacial score (nSPS) is 10.1. The summed E-state index contributed by atoms with van der Waals surface area (Å²) in [5.74, 6) is 0.123. The van der Waals surface area contributed by atoms with Crippen LogP contribution in [0.5, 0.6) is 0 Å². The van der Waals surface area contributed by atoms with Gasteiger partial charge in [0.15, 0.2) is 0 Å². The molecule has 0 aliphatic heterocycles. The van der Waals surface area contributed by atoms with E-state index in [0.29, 0.717) is 19.4 Å². The summed E-state index contributed by atoms with van der Waals surface area (Å²) in [4.78, 5) is 24.7. The fourth-order valence-electron chi connectivity index (χ4n) is 1.56. The number of carbonyl (C=O) groups excluding carboxylic acids is 2. The first-order valence-electron chi connectivity index (χ1n) is 6.34. The van der Waals surface area contributed by atoms with Crippen LogP contribution in [0.3, 0.4) is 0 Å². The third kappa shape index (κ3) is 7.74. The Hall–Kier alpha value is -1.10. The van der Waals surface area contributed by atoms with E-state index in [2.05, 4.69) is 10.6 Å². The van der Waals surface area contributed by atoms with Crippen LogP contribution < -0.4 is 10.6 Å². The molecule has 0 saturated heterocycles. The van der Waals surface area contributed by atoms with Gasteiger partial charge in [-0.05, 0) is 33.9 Å². The predicted octanol–water partition coefficient (Wildman–Crippen LogP) is 0.361. The van der Waals surface area contributed by atoms with E-state index in [4.69, 9.17) is 0 Å². The number of hydrogen-bond acceptors (Lipinski definition) is 3. The van der Waals surface area contributed by atoms with Gasteiger partial charge >= 0.3 is 0 Å². The van der Waals surface area contributed by atoms with Crippen LogP contribution in [-0.4, -0.2) is 49.9 Å². The molecule has 5 nitrogen and oxygen atoms in total. The molecule has 5 heteroatoms. The quantitative estimate of drug-likeness (QED) is 0.575. The van der Waals surface area contributed by atoms with Crippen LogP contribution in [0.1, 0.15) is 33.1 Å². The summed E-state index contributed by atoms with van der Waals surface area (Å²) in [6.45, 7) is 6.64. The van der Waals surface area contributed by atoms with E-state index in [1.807, 2.05) is 20.9 Å². The number of nitrogens with zero attached hydrogens (tertiary/aromatic N) is 1. The summed E-state index contributed by atoms with van der Waals surface area (Å²) in [6, 6.07) is 0. The standard InChI is InChI=1S/C12H25N3O2/c1-4-15(5-2)12(17)8-10-14-11(16)7-6-9-13-3/h13H,4-10H2,1-3H3,(H,14,16). The Kier molecular flexibility index (Phi) is 9.43.